The monoisotopic (exact) mass is 824 g/mol. The molecule has 0 aliphatic carbocycles. The number of nitrogens with zero attached hydrogens (tertiary/aromatic N) is 7. The van der Waals surface area contributed by atoms with E-state index in [1.807, 2.05) is 24.4 Å². The number of fused-ring (bicyclic) bond motifs is 7. The summed E-state index contributed by atoms with van der Waals surface area (Å²) < 4.78 is 49.9. The molecule has 9 rings (SSSR count). The van der Waals surface area contributed by atoms with E-state index in [0.717, 1.165) is 70.5 Å². The van der Waals surface area contributed by atoms with Gasteiger partial charge in [-0.3, -0.25) is 9.88 Å². The van der Waals surface area contributed by atoms with Gasteiger partial charge in [-0.15, -0.1) is 11.3 Å². The van der Waals surface area contributed by atoms with Gasteiger partial charge in [0.25, 0.3) is 6.43 Å². The number of benzene rings is 1. The van der Waals surface area contributed by atoms with Crippen LogP contribution < -0.4 is 15.0 Å². The standard InChI is InChI=1S/C25H23F2IN7OPS.C7H12FN.C2H6/c1-11-7-16-15(8-30-35(16)37-28)18(17(11)22(26)27)20-21-14(5-6-29-20)19-23(32-25(36-2)33-24(19)38-21)34-9-12-3-4-13(10-34)31-12;8-6-4-7-2-1-3-9(7)5-6;1-2/h5-8,12-13,22,31,37H,3-4,9-10H2,1-2H3;6-7H,1-5H2;1-2H3. The molecule has 0 radical (unpaired) electrons. The van der Waals surface area contributed by atoms with Gasteiger partial charge in [0.05, 0.1) is 41.0 Å². The number of aryl methyl sites for hydroxylation is 1. The largest absolute Gasteiger partial charge is 0.467 e. The fourth-order valence-corrected chi connectivity index (χ4v) is 10.7. The van der Waals surface area contributed by atoms with Crippen LogP contribution in [0.5, 0.6) is 6.01 Å². The van der Waals surface area contributed by atoms with E-state index in [0.29, 0.717) is 59.3 Å². The molecule has 9 nitrogen and oxygen atoms in total. The van der Waals surface area contributed by atoms with Crippen molar-refractivity contribution in [3.63, 3.8) is 0 Å². The maximum atomic E-state index is 14.6. The number of anilines is 1. The average Bonchev–Trinajstić information content (AvgIpc) is 3.93. The highest BCUT2D eigenvalue weighted by molar-refractivity contribution is 14.2. The van der Waals surface area contributed by atoms with E-state index < -0.39 is 12.6 Å². The minimum Gasteiger partial charge on any atom is -0.467 e. The van der Waals surface area contributed by atoms with Crippen molar-refractivity contribution in [2.75, 3.05) is 38.2 Å². The van der Waals surface area contributed by atoms with Crippen LogP contribution in [0, 0.1) is 6.92 Å². The molecule has 4 saturated heterocycles. The van der Waals surface area contributed by atoms with E-state index in [1.165, 1.54) is 24.2 Å². The quantitative estimate of drug-likeness (QED) is 0.140. The molecule has 1 N–H and O–H groups in total. The summed E-state index contributed by atoms with van der Waals surface area (Å²) in [5, 5.41) is 10.7. The molecular weight excluding hydrogens is 783 g/mol. The van der Waals surface area contributed by atoms with Gasteiger partial charge < -0.3 is 15.0 Å². The first-order valence-corrected chi connectivity index (χ1v) is 21.9. The second-order valence-corrected chi connectivity index (χ2v) is 15.9. The third kappa shape index (κ3) is 6.49. The summed E-state index contributed by atoms with van der Waals surface area (Å²) in [4.78, 5) is 19.5. The van der Waals surface area contributed by atoms with E-state index in [2.05, 4.69) is 47.2 Å². The fraction of sp³-hybridized carbons (Fsp3) is 0.529. The van der Waals surface area contributed by atoms with Crippen molar-refractivity contribution in [1.82, 2.24) is 34.7 Å². The molecule has 5 unspecified atom stereocenters. The number of ether oxygens (including phenoxy) is 1. The molecule has 5 aromatic rings. The lowest BCUT2D eigenvalue weighted by Gasteiger charge is -2.34. The summed E-state index contributed by atoms with van der Waals surface area (Å²) >= 11 is 3.70. The zero-order valence-corrected chi connectivity index (χ0v) is 32.0. The molecule has 0 spiro atoms. The molecule has 262 valence electrons. The first-order chi connectivity index (χ1) is 23.8. The van der Waals surface area contributed by atoms with Crippen LogP contribution in [-0.4, -0.2) is 87.0 Å². The minimum atomic E-state index is -2.65. The first kappa shape index (κ1) is 35.0. The van der Waals surface area contributed by atoms with Crippen molar-refractivity contribution in [1.29, 1.82) is 0 Å². The summed E-state index contributed by atoms with van der Waals surface area (Å²) in [6.07, 6.45) is 6.19. The third-order valence-corrected chi connectivity index (χ3v) is 13.0. The lowest BCUT2D eigenvalue weighted by molar-refractivity contribution is 0.151. The van der Waals surface area contributed by atoms with Crippen LogP contribution in [0.25, 0.3) is 42.5 Å². The Labute approximate surface area is 302 Å². The fourth-order valence-electron chi connectivity index (χ4n) is 7.98. The number of hydrogen-bond donors (Lipinski definition) is 1. The van der Waals surface area contributed by atoms with E-state index in [4.69, 9.17) is 14.7 Å². The highest BCUT2D eigenvalue weighted by atomic mass is 127. The van der Waals surface area contributed by atoms with Crippen molar-refractivity contribution < 1.29 is 17.9 Å². The molecule has 8 heterocycles. The Morgan fingerprint density at radius 2 is 1.88 bits per heavy atom. The number of aromatic nitrogens is 5. The Balaban J connectivity index is 0.000000294. The number of hydrogen-bond acceptors (Lipinski definition) is 9. The third-order valence-electron chi connectivity index (χ3n) is 10.0. The lowest BCUT2D eigenvalue weighted by atomic mass is 9.95. The Morgan fingerprint density at radius 1 is 1.10 bits per heavy atom. The van der Waals surface area contributed by atoms with E-state index in [1.54, 1.807) is 32.5 Å². The van der Waals surface area contributed by atoms with E-state index in [-0.39, 0.29) is 5.56 Å². The Morgan fingerprint density at radius 3 is 2.57 bits per heavy atom. The highest BCUT2D eigenvalue weighted by Crippen LogP contribution is 2.47. The molecule has 4 aliphatic heterocycles. The van der Waals surface area contributed by atoms with Crippen LogP contribution in [0.1, 0.15) is 63.5 Å². The van der Waals surface area contributed by atoms with Crippen molar-refractivity contribution in [3.05, 3.63) is 35.7 Å². The molecule has 4 aromatic heterocycles. The predicted octanol–water partition coefficient (Wildman–Crippen LogP) is 8.46. The number of methoxy groups -OCH3 is 1. The van der Waals surface area contributed by atoms with Crippen LogP contribution in [0.4, 0.5) is 19.0 Å². The highest BCUT2D eigenvalue weighted by Gasteiger charge is 2.36. The molecule has 49 heavy (non-hydrogen) atoms. The summed E-state index contributed by atoms with van der Waals surface area (Å²) in [5.74, 6) is 0.830. The Kier molecular flexibility index (Phi) is 10.5. The Hall–Kier alpha value is -2.39. The molecule has 0 saturated carbocycles. The second-order valence-electron chi connectivity index (χ2n) is 12.9. The molecule has 4 fully saturated rings. The number of nitrogens with one attached hydrogen (secondary N) is 1. The maximum absolute atomic E-state index is 14.6. The first-order valence-electron chi connectivity index (χ1n) is 17.0. The number of piperazine rings is 1. The molecule has 0 amide bonds. The number of alkyl halides is 3. The molecule has 15 heteroatoms. The van der Waals surface area contributed by atoms with Crippen LogP contribution in [-0.2, 0) is 0 Å². The van der Waals surface area contributed by atoms with Gasteiger partial charge in [0.15, 0.2) is 0 Å². The van der Waals surface area contributed by atoms with Crippen molar-refractivity contribution in [2.24, 2.45) is 0 Å². The SMILES string of the molecule is CC.COc1nc(N2CC3CCC(C2)N3)c2c(n1)sc1c(-c3c(C(F)F)c(C)cc4c3cnn4PI)nccc12.FC1CC2CCCN2C1. The van der Waals surface area contributed by atoms with Gasteiger partial charge in [0, 0.05) is 65.9 Å². The molecule has 2 bridgehead atoms. The molecule has 5 atom stereocenters. The molecular formula is C34H41F3IN8OPS. The van der Waals surface area contributed by atoms with Gasteiger partial charge in [-0.1, -0.05) is 13.8 Å². The normalized spacial score (nSPS) is 23.5. The van der Waals surface area contributed by atoms with Crippen molar-refractivity contribution in [3.8, 4) is 17.3 Å². The zero-order valence-electron chi connectivity index (χ0n) is 28.0. The van der Waals surface area contributed by atoms with Crippen molar-refractivity contribution in [2.45, 2.75) is 83.6 Å². The van der Waals surface area contributed by atoms with E-state index >= 15 is 0 Å². The second kappa shape index (κ2) is 14.7. The minimum absolute atomic E-state index is 0.00568. The van der Waals surface area contributed by atoms with Gasteiger partial charge in [-0.05, 0) is 85.3 Å². The lowest BCUT2D eigenvalue weighted by Crippen LogP contribution is -2.51. The van der Waals surface area contributed by atoms with Gasteiger partial charge >= 0.3 is 6.01 Å². The van der Waals surface area contributed by atoms with Gasteiger partial charge in [0.1, 0.15) is 16.8 Å². The smallest absolute Gasteiger partial charge is 0.319 e. The average molecular weight is 825 g/mol. The Bertz CT molecular complexity index is 1950. The summed E-state index contributed by atoms with van der Waals surface area (Å²) in [7, 11) is 1.57. The van der Waals surface area contributed by atoms with Gasteiger partial charge in [-0.25, -0.2) is 17.6 Å². The van der Waals surface area contributed by atoms with Crippen LogP contribution in [0.15, 0.2) is 24.5 Å². The summed E-state index contributed by atoms with van der Waals surface area (Å²) in [6.45, 7) is 9.29. The number of pyridine rings is 1. The van der Waals surface area contributed by atoms with Gasteiger partial charge in [0.2, 0.25) is 0 Å². The van der Waals surface area contributed by atoms with Crippen LogP contribution in [0.2, 0.25) is 0 Å². The summed E-state index contributed by atoms with van der Waals surface area (Å²) in [5.41, 5.74) is 2.31. The maximum Gasteiger partial charge on any atom is 0.319 e. The summed E-state index contributed by atoms with van der Waals surface area (Å²) in [6, 6.07) is 5.51. The topological polar surface area (TPSA) is 84.2 Å². The number of halogens is 4. The molecule has 1 aromatic carbocycles. The van der Waals surface area contributed by atoms with Gasteiger partial charge in [-0.2, -0.15) is 15.1 Å². The number of rotatable bonds is 5. The predicted molar refractivity (Wildman–Crippen MR) is 203 cm³/mol. The van der Waals surface area contributed by atoms with E-state index in [9.17, 15) is 13.2 Å². The van der Waals surface area contributed by atoms with Crippen molar-refractivity contribution >= 4 is 76.8 Å². The van der Waals surface area contributed by atoms with Crippen LogP contribution in [0.3, 0.4) is 0 Å². The van der Waals surface area contributed by atoms with Crippen LogP contribution >= 0.6 is 39.8 Å². The zero-order chi connectivity index (χ0) is 34.4. The number of thiophene rings is 1. The molecule has 4 aliphatic rings.